The van der Waals surface area contributed by atoms with Gasteiger partial charge in [0.05, 0.1) is 24.0 Å². The average Bonchev–Trinajstić information content (AvgIpc) is 3.23. The number of hydrogen-bond acceptors (Lipinski definition) is 4. The number of hydrogen-bond donors (Lipinski definition) is 0. The molecule has 2 heterocycles. The second-order valence-corrected chi connectivity index (χ2v) is 11.6. The summed E-state index contributed by atoms with van der Waals surface area (Å²) in [5.74, 6) is 0.524. The number of esters is 1. The second-order valence-electron chi connectivity index (χ2n) is 10.7. The zero-order valence-corrected chi connectivity index (χ0v) is 23.8. The Bertz CT molecular complexity index is 1510. The van der Waals surface area contributed by atoms with Crippen molar-refractivity contribution in [1.29, 1.82) is 0 Å². The summed E-state index contributed by atoms with van der Waals surface area (Å²) in [6, 6.07) is 15.8. The number of carbonyl (C=O) groups is 2. The Morgan fingerprint density at radius 2 is 1.79 bits per heavy atom. The predicted octanol–water partition coefficient (Wildman–Crippen LogP) is 7.26. The third kappa shape index (κ3) is 6.39. The maximum atomic E-state index is 13.1. The van der Waals surface area contributed by atoms with Gasteiger partial charge in [-0.3, -0.25) is 14.6 Å². The molecule has 2 aromatic carbocycles. The molecular weight excluding hydrogens is 533 g/mol. The highest BCUT2D eigenvalue weighted by Gasteiger charge is 2.25. The topological polar surface area (TPSA) is 64.4 Å². The van der Waals surface area contributed by atoms with Crippen LogP contribution in [0.3, 0.4) is 0 Å². The molecule has 0 atom stereocenters. The standard InChI is InChI=1S/C31H33Cl2N3O3/c1-20-7-9-22(10-8-20)16-35(31(38)19-39-21(2)37)18-25-14-27-26-5-3-4-6-29(26)36(30(27)15-34-25)17-23-13-24(32)11-12-28(23)33/h3-6,11-15,20,22H,7-10,16-19H2,1-2H3. The molecule has 0 saturated heterocycles. The van der Waals surface area contributed by atoms with Crippen molar-refractivity contribution in [2.45, 2.75) is 52.6 Å². The normalized spacial score (nSPS) is 17.4. The molecule has 6 nitrogen and oxygen atoms in total. The molecule has 204 valence electrons. The lowest BCUT2D eigenvalue weighted by molar-refractivity contribution is -0.151. The molecule has 0 bridgehead atoms. The van der Waals surface area contributed by atoms with Gasteiger partial charge in [0.2, 0.25) is 0 Å². The minimum Gasteiger partial charge on any atom is -0.456 e. The molecule has 0 spiro atoms. The van der Waals surface area contributed by atoms with Gasteiger partial charge in [0.15, 0.2) is 6.61 Å². The van der Waals surface area contributed by atoms with E-state index in [1.54, 1.807) is 6.07 Å². The van der Waals surface area contributed by atoms with E-state index in [2.05, 4.69) is 29.7 Å². The van der Waals surface area contributed by atoms with Gasteiger partial charge in [0.1, 0.15) is 0 Å². The van der Waals surface area contributed by atoms with E-state index in [1.165, 1.54) is 19.8 Å². The number of para-hydroxylation sites is 1. The van der Waals surface area contributed by atoms with E-state index >= 15 is 0 Å². The van der Waals surface area contributed by atoms with Gasteiger partial charge in [0.25, 0.3) is 5.91 Å². The smallest absolute Gasteiger partial charge is 0.303 e. The van der Waals surface area contributed by atoms with Crippen LogP contribution < -0.4 is 0 Å². The van der Waals surface area contributed by atoms with Crippen molar-refractivity contribution in [3.8, 4) is 0 Å². The van der Waals surface area contributed by atoms with Crippen LogP contribution >= 0.6 is 23.2 Å². The third-order valence-corrected chi connectivity index (χ3v) is 8.37. The highest BCUT2D eigenvalue weighted by molar-refractivity contribution is 6.33. The van der Waals surface area contributed by atoms with Crippen molar-refractivity contribution < 1.29 is 14.3 Å². The molecule has 2 aromatic heterocycles. The Balaban J connectivity index is 1.47. The molecule has 1 saturated carbocycles. The van der Waals surface area contributed by atoms with Crippen LogP contribution in [-0.4, -0.2) is 39.5 Å². The number of fused-ring (bicyclic) bond motifs is 3. The lowest BCUT2D eigenvalue weighted by Crippen LogP contribution is -2.38. The summed E-state index contributed by atoms with van der Waals surface area (Å²) in [7, 11) is 0. The number of nitrogens with zero attached hydrogens (tertiary/aromatic N) is 3. The average molecular weight is 567 g/mol. The first-order valence-electron chi connectivity index (χ1n) is 13.5. The van der Waals surface area contributed by atoms with Crippen molar-refractivity contribution in [1.82, 2.24) is 14.5 Å². The fourth-order valence-corrected chi connectivity index (χ4v) is 5.98. The minimum atomic E-state index is -0.457. The minimum absolute atomic E-state index is 0.191. The van der Waals surface area contributed by atoms with Gasteiger partial charge in [-0.1, -0.05) is 61.2 Å². The Labute approximate surface area is 238 Å². The summed E-state index contributed by atoms with van der Waals surface area (Å²) in [5, 5.41) is 3.47. The van der Waals surface area contributed by atoms with Crippen LogP contribution in [0.5, 0.6) is 0 Å². The first-order valence-corrected chi connectivity index (χ1v) is 14.2. The zero-order valence-electron chi connectivity index (χ0n) is 22.3. The summed E-state index contributed by atoms with van der Waals surface area (Å²) < 4.78 is 7.26. The van der Waals surface area contributed by atoms with Crippen molar-refractivity contribution in [3.63, 3.8) is 0 Å². The van der Waals surface area contributed by atoms with E-state index in [4.69, 9.17) is 32.9 Å². The number of pyridine rings is 1. The molecule has 0 radical (unpaired) electrons. The quantitative estimate of drug-likeness (QED) is 0.211. The Morgan fingerprint density at radius 1 is 1.03 bits per heavy atom. The molecular formula is C31H33Cl2N3O3. The third-order valence-electron chi connectivity index (χ3n) is 7.77. The summed E-state index contributed by atoms with van der Waals surface area (Å²) in [6.45, 7) is 4.92. The van der Waals surface area contributed by atoms with E-state index in [0.717, 1.165) is 51.8 Å². The fourth-order valence-electron chi connectivity index (χ4n) is 5.61. The van der Waals surface area contributed by atoms with Gasteiger partial charge < -0.3 is 14.2 Å². The molecule has 1 amide bonds. The number of halogens is 2. The van der Waals surface area contributed by atoms with Crippen LogP contribution in [0.4, 0.5) is 0 Å². The van der Waals surface area contributed by atoms with Gasteiger partial charge in [0, 0.05) is 46.3 Å². The molecule has 1 aliphatic rings. The highest BCUT2D eigenvalue weighted by atomic mass is 35.5. The summed E-state index contributed by atoms with van der Waals surface area (Å²) in [4.78, 5) is 31.1. The summed E-state index contributed by atoms with van der Waals surface area (Å²) >= 11 is 12.8. The maximum absolute atomic E-state index is 13.1. The number of benzene rings is 2. The molecule has 1 aliphatic carbocycles. The van der Waals surface area contributed by atoms with Gasteiger partial charge in [-0.2, -0.15) is 0 Å². The summed E-state index contributed by atoms with van der Waals surface area (Å²) in [5.41, 5.74) is 3.78. The largest absolute Gasteiger partial charge is 0.456 e. The summed E-state index contributed by atoms with van der Waals surface area (Å²) in [6.07, 6.45) is 6.43. The van der Waals surface area contributed by atoms with E-state index < -0.39 is 5.97 Å². The molecule has 0 N–H and O–H groups in total. The van der Waals surface area contributed by atoms with E-state index in [9.17, 15) is 9.59 Å². The van der Waals surface area contributed by atoms with Gasteiger partial charge in [-0.25, -0.2) is 0 Å². The monoisotopic (exact) mass is 565 g/mol. The van der Waals surface area contributed by atoms with Crippen LogP contribution in [0.2, 0.25) is 10.0 Å². The fraction of sp³-hybridized carbons (Fsp3) is 0.387. The molecule has 5 rings (SSSR count). The van der Waals surface area contributed by atoms with Crippen molar-refractivity contribution in [2.24, 2.45) is 11.8 Å². The van der Waals surface area contributed by atoms with Crippen LogP contribution in [0.15, 0.2) is 54.7 Å². The van der Waals surface area contributed by atoms with Crippen molar-refractivity contribution in [2.75, 3.05) is 13.2 Å². The molecule has 4 aromatic rings. The van der Waals surface area contributed by atoms with E-state index in [0.29, 0.717) is 35.6 Å². The Hall–Kier alpha value is -3.09. The lowest BCUT2D eigenvalue weighted by atomic mass is 9.83. The highest BCUT2D eigenvalue weighted by Crippen LogP contribution is 2.32. The van der Waals surface area contributed by atoms with Crippen LogP contribution in [0, 0.1) is 11.8 Å². The van der Waals surface area contributed by atoms with Crippen LogP contribution in [0.1, 0.15) is 50.8 Å². The first kappa shape index (κ1) is 27.5. The Morgan fingerprint density at radius 3 is 2.56 bits per heavy atom. The number of amides is 1. The number of ether oxygens (including phenoxy) is 1. The second kappa shape index (κ2) is 12.0. The maximum Gasteiger partial charge on any atom is 0.303 e. The number of rotatable bonds is 8. The zero-order chi connectivity index (χ0) is 27.5. The lowest BCUT2D eigenvalue weighted by Gasteiger charge is -2.31. The Kier molecular flexibility index (Phi) is 8.43. The van der Waals surface area contributed by atoms with Crippen molar-refractivity contribution >= 4 is 56.9 Å². The van der Waals surface area contributed by atoms with Gasteiger partial charge in [-0.15, -0.1) is 0 Å². The number of carbonyl (C=O) groups excluding carboxylic acids is 2. The SMILES string of the molecule is CC(=O)OCC(=O)N(Cc1cc2c3ccccc3n(Cc3cc(Cl)ccc3Cl)c2cn1)CC1CCC(C)CC1. The number of aromatic nitrogens is 2. The van der Waals surface area contributed by atoms with E-state index in [1.807, 2.05) is 35.4 Å². The molecule has 8 heteroatoms. The first-order chi connectivity index (χ1) is 18.8. The van der Waals surface area contributed by atoms with Crippen LogP contribution in [-0.2, 0) is 27.4 Å². The van der Waals surface area contributed by atoms with Crippen LogP contribution in [0.25, 0.3) is 21.8 Å². The van der Waals surface area contributed by atoms with E-state index in [-0.39, 0.29) is 12.5 Å². The van der Waals surface area contributed by atoms with Crippen molar-refractivity contribution in [3.05, 3.63) is 76.0 Å². The van der Waals surface area contributed by atoms with Gasteiger partial charge >= 0.3 is 5.97 Å². The molecule has 39 heavy (non-hydrogen) atoms. The molecule has 0 aliphatic heterocycles. The van der Waals surface area contributed by atoms with Gasteiger partial charge in [-0.05, 0) is 60.6 Å². The predicted molar refractivity (Wildman–Crippen MR) is 156 cm³/mol. The molecule has 1 fully saturated rings. The molecule has 0 unspecified atom stereocenters.